The minimum absolute atomic E-state index is 0.256. The second-order valence-corrected chi connectivity index (χ2v) is 8.90. The summed E-state index contributed by atoms with van der Waals surface area (Å²) in [6, 6.07) is 16.8. The second kappa shape index (κ2) is 9.20. The van der Waals surface area contributed by atoms with Gasteiger partial charge in [-0.25, -0.2) is 4.98 Å². The lowest BCUT2D eigenvalue weighted by Crippen LogP contribution is -2.51. The van der Waals surface area contributed by atoms with Gasteiger partial charge in [-0.15, -0.1) is 0 Å². The quantitative estimate of drug-likeness (QED) is 0.687. The molecule has 0 bridgehead atoms. The molecule has 1 N–H and O–H groups in total. The van der Waals surface area contributed by atoms with E-state index in [0.717, 1.165) is 75.8 Å². The van der Waals surface area contributed by atoms with Crippen LogP contribution in [0.3, 0.4) is 0 Å². The molecule has 0 radical (unpaired) electrons. The number of benzene rings is 2. The van der Waals surface area contributed by atoms with Gasteiger partial charge in [0, 0.05) is 58.0 Å². The Morgan fingerprint density at radius 2 is 1.72 bits per heavy atom. The first kappa shape index (κ1) is 20.8. The first-order valence-corrected chi connectivity index (χ1v) is 11.7. The summed E-state index contributed by atoms with van der Waals surface area (Å²) < 4.78 is 0. The van der Waals surface area contributed by atoms with E-state index in [1.807, 2.05) is 23.1 Å². The Labute approximate surface area is 189 Å². The summed E-state index contributed by atoms with van der Waals surface area (Å²) in [7, 11) is 0. The largest absolute Gasteiger partial charge is 0.368 e. The third kappa shape index (κ3) is 4.58. The van der Waals surface area contributed by atoms with Crippen LogP contribution < -0.4 is 9.80 Å². The van der Waals surface area contributed by atoms with Gasteiger partial charge in [0.25, 0.3) is 0 Å². The van der Waals surface area contributed by atoms with Crippen LogP contribution in [0.4, 0.5) is 11.6 Å². The Hall–Kier alpha value is -3.06. The van der Waals surface area contributed by atoms with Crippen molar-refractivity contribution < 1.29 is 4.79 Å². The molecule has 3 heterocycles. The molecule has 7 heteroatoms. The van der Waals surface area contributed by atoms with Gasteiger partial charge in [0.1, 0.15) is 0 Å². The molecule has 0 aliphatic carbocycles. The number of para-hydroxylation sites is 2. The standard InChI is InChI=1S/C25H32N6O/c1-20-6-4-7-21(18-20)29-14-16-30(17-15-29)24(32)19-28-10-5-11-31(13-12-28)25-26-22-8-2-3-9-23(22)27-25/h2-4,6-9,18H,5,10-17,19H2,1H3,(H,26,27). The summed E-state index contributed by atoms with van der Waals surface area (Å²) >= 11 is 0. The third-order valence-electron chi connectivity index (χ3n) is 6.62. The summed E-state index contributed by atoms with van der Waals surface area (Å²) in [6.45, 7) is 9.70. The Morgan fingerprint density at radius 3 is 2.53 bits per heavy atom. The first-order chi connectivity index (χ1) is 15.7. The van der Waals surface area contributed by atoms with Gasteiger partial charge in [-0.1, -0.05) is 24.3 Å². The van der Waals surface area contributed by atoms with Crippen LogP contribution in [0.1, 0.15) is 12.0 Å². The molecule has 0 spiro atoms. The number of nitrogens with one attached hydrogen (secondary N) is 1. The SMILES string of the molecule is Cc1cccc(N2CCN(C(=O)CN3CCCN(c4nc5ccccc5[nH]4)CC3)CC2)c1. The molecule has 2 saturated heterocycles. The maximum atomic E-state index is 13.0. The number of H-pyrrole nitrogens is 1. The molecule has 0 atom stereocenters. The molecule has 0 unspecified atom stereocenters. The van der Waals surface area contributed by atoms with E-state index in [1.54, 1.807) is 0 Å². The lowest BCUT2D eigenvalue weighted by molar-refractivity contribution is -0.132. The number of aromatic amines is 1. The van der Waals surface area contributed by atoms with Crippen LogP contribution in [0.2, 0.25) is 0 Å². The fraction of sp³-hybridized carbons (Fsp3) is 0.440. The number of hydrogen-bond donors (Lipinski definition) is 1. The molecular formula is C25H32N6O. The molecule has 2 aliphatic rings. The number of carbonyl (C=O) groups is 1. The number of fused-ring (bicyclic) bond motifs is 1. The zero-order valence-electron chi connectivity index (χ0n) is 18.8. The highest BCUT2D eigenvalue weighted by Crippen LogP contribution is 2.20. The number of amides is 1. The third-order valence-corrected chi connectivity index (χ3v) is 6.62. The van der Waals surface area contributed by atoms with E-state index in [9.17, 15) is 4.79 Å². The summed E-state index contributed by atoms with van der Waals surface area (Å²) in [4.78, 5) is 30.2. The lowest BCUT2D eigenvalue weighted by atomic mass is 10.2. The molecule has 3 aromatic rings. The van der Waals surface area contributed by atoms with E-state index >= 15 is 0 Å². The van der Waals surface area contributed by atoms with Crippen LogP contribution in [0.5, 0.6) is 0 Å². The number of piperazine rings is 1. The van der Waals surface area contributed by atoms with Crippen molar-refractivity contribution >= 4 is 28.6 Å². The van der Waals surface area contributed by atoms with E-state index in [-0.39, 0.29) is 5.91 Å². The molecule has 2 aliphatic heterocycles. The van der Waals surface area contributed by atoms with Gasteiger partial charge in [-0.2, -0.15) is 0 Å². The number of aryl methyl sites for hydroxylation is 1. The number of aromatic nitrogens is 2. The van der Waals surface area contributed by atoms with Crippen molar-refractivity contribution in [2.75, 3.05) is 68.7 Å². The smallest absolute Gasteiger partial charge is 0.236 e. The van der Waals surface area contributed by atoms with Gasteiger partial charge in [0.05, 0.1) is 17.6 Å². The minimum atomic E-state index is 0.256. The van der Waals surface area contributed by atoms with Gasteiger partial charge in [-0.05, 0) is 43.2 Å². The number of hydrogen-bond acceptors (Lipinski definition) is 5. The lowest BCUT2D eigenvalue weighted by Gasteiger charge is -2.37. The highest BCUT2D eigenvalue weighted by Gasteiger charge is 2.24. The van der Waals surface area contributed by atoms with Crippen molar-refractivity contribution in [3.8, 4) is 0 Å². The number of anilines is 2. The van der Waals surface area contributed by atoms with E-state index < -0.39 is 0 Å². The zero-order valence-corrected chi connectivity index (χ0v) is 18.8. The van der Waals surface area contributed by atoms with Crippen molar-refractivity contribution in [2.24, 2.45) is 0 Å². The van der Waals surface area contributed by atoms with E-state index in [0.29, 0.717) is 6.54 Å². The maximum absolute atomic E-state index is 13.0. The Balaban J connectivity index is 1.13. The summed E-state index contributed by atoms with van der Waals surface area (Å²) in [5, 5.41) is 0. The topological polar surface area (TPSA) is 58.7 Å². The van der Waals surface area contributed by atoms with E-state index in [4.69, 9.17) is 4.98 Å². The fourth-order valence-electron chi connectivity index (χ4n) is 4.76. The Bertz CT molecular complexity index is 1040. The van der Waals surface area contributed by atoms with E-state index in [2.05, 4.69) is 56.9 Å². The van der Waals surface area contributed by atoms with Gasteiger partial charge in [0.15, 0.2) is 0 Å². The normalized spacial score (nSPS) is 18.2. The summed E-state index contributed by atoms with van der Waals surface area (Å²) in [6.07, 6.45) is 1.03. The average molecular weight is 433 g/mol. The second-order valence-electron chi connectivity index (χ2n) is 8.90. The van der Waals surface area contributed by atoms with Crippen LogP contribution in [0.25, 0.3) is 11.0 Å². The van der Waals surface area contributed by atoms with Gasteiger partial charge in [0.2, 0.25) is 11.9 Å². The molecule has 1 amide bonds. The van der Waals surface area contributed by atoms with Crippen molar-refractivity contribution in [3.05, 3.63) is 54.1 Å². The van der Waals surface area contributed by atoms with Crippen molar-refractivity contribution in [1.82, 2.24) is 19.8 Å². The minimum Gasteiger partial charge on any atom is -0.368 e. The number of carbonyl (C=O) groups excluding carboxylic acids is 1. The molecule has 2 aromatic carbocycles. The molecule has 7 nitrogen and oxygen atoms in total. The van der Waals surface area contributed by atoms with Crippen molar-refractivity contribution in [2.45, 2.75) is 13.3 Å². The summed E-state index contributed by atoms with van der Waals surface area (Å²) in [5.41, 5.74) is 4.61. The van der Waals surface area contributed by atoms with Crippen LogP contribution in [-0.4, -0.2) is 84.6 Å². The first-order valence-electron chi connectivity index (χ1n) is 11.7. The highest BCUT2D eigenvalue weighted by atomic mass is 16.2. The predicted octanol–water partition coefficient (Wildman–Crippen LogP) is 2.73. The maximum Gasteiger partial charge on any atom is 0.236 e. The van der Waals surface area contributed by atoms with Crippen molar-refractivity contribution in [3.63, 3.8) is 0 Å². The zero-order chi connectivity index (χ0) is 21.9. The molecule has 32 heavy (non-hydrogen) atoms. The molecule has 5 rings (SSSR count). The molecule has 0 saturated carbocycles. The highest BCUT2D eigenvalue weighted by molar-refractivity contribution is 5.79. The van der Waals surface area contributed by atoms with Crippen molar-refractivity contribution in [1.29, 1.82) is 0 Å². The van der Waals surface area contributed by atoms with Gasteiger partial charge >= 0.3 is 0 Å². The van der Waals surface area contributed by atoms with Gasteiger partial charge < -0.3 is 19.7 Å². The van der Waals surface area contributed by atoms with Gasteiger partial charge in [-0.3, -0.25) is 9.69 Å². The summed E-state index contributed by atoms with van der Waals surface area (Å²) in [5.74, 6) is 1.19. The average Bonchev–Trinajstić information content (AvgIpc) is 3.11. The van der Waals surface area contributed by atoms with Crippen LogP contribution in [0, 0.1) is 6.92 Å². The predicted molar refractivity (Wildman–Crippen MR) is 129 cm³/mol. The number of rotatable bonds is 4. The monoisotopic (exact) mass is 432 g/mol. The molecule has 2 fully saturated rings. The number of nitrogens with zero attached hydrogens (tertiary/aromatic N) is 5. The Kier molecular flexibility index (Phi) is 5.99. The molecule has 168 valence electrons. The molecule has 1 aromatic heterocycles. The van der Waals surface area contributed by atoms with Crippen LogP contribution >= 0.6 is 0 Å². The van der Waals surface area contributed by atoms with E-state index in [1.165, 1.54) is 11.3 Å². The van der Waals surface area contributed by atoms with Crippen LogP contribution in [-0.2, 0) is 4.79 Å². The Morgan fingerprint density at radius 1 is 0.906 bits per heavy atom. The van der Waals surface area contributed by atoms with Crippen LogP contribution in [0.15, 0.2) is 48.5 Å². The molecular weight excluding hydrogens is 400 g/mol. The fourth-order valence-corrected chi connectivity index (χ4v) is 4.76. The number of imidazole rings is 1.